The topological polar surface area (TPSA) is 51.2 Å². The number of nitrogens with zero attached hydrogens (tertiary/aromatic N) is 1. The minimum Gasteiger partial charge on any atom is -0.488 e. The van der Waals surface area contributed by atoms with E-state index in [0.29, 0.717) is 6.54 Å². The lowest BCUT2D eigenvalue weighted by atomic mass is 9.81. The summed E-state index contributed by atoms with van der Waals surface area (Å²) in [6, 6.07) is 8.01. The molecule has 4 nitrogen and oxygen atoms in total. The van der Waals surface area contributed by atoms with Crippen LogP contribution in [0.3, 0.4) is 0 Å². The van der Waals surface area contributed by atoms with Crippen LogP contribution in [0.5, 0.6) is 5.75 Å². The van der Waals surface area contributed by atoms with Crippen LogP contribution in [0.1, 0.15) is 18.4 Å². The third-order valence-corrected chi connectivity index (χ3v) is 5.66. The van der Waals surface area contributed by atoms with E-state index in [2.05, 4.69) is 15.7 Å². The number of nitrogens with one attached hydrogen (secondary N) is 1. The summed E-state index contributed by atoms with van der Waals surface area (Å²) < 4.78 is 7.15. The van der Waals surface area contributed by atoms with Gasteiger partial charge in [0.1, 0.15) is 17.4 Å². The van der Waals surface area contributed by atoms with Gasteiger partial charge >= 0.3 is 0 Å². The molecular formula is C17H16N2O2S2. The number of rotatable bonds is 5. The molecule has 23 heavy (non-hydrogen) atoms. The normalized spacial score (nSPS) is 20.2. The zero-order valence-corrected chi connectivity index (χ0v) is 14.0. The van der Waals surface area contributed by atoms with Crippen LogP contribution in [-0.2, 0) is 11.3 Å². The number of fused-ring (bicyclic) bond motifs is 1. The highest BCUT2D eigenvalue weighted by atomic mass is 32.1. The molecule has 0 saturated heterocycles. The van der Waals surface area contributed by atoms with Gasteiger partial charge in [0, 0.05) is 12.5 Å². The highest BCUT2D eigenvalue weighted by Crippen LogP contribution is 2.34. The van der Waals surface area contributed by atoms with E-state index >= 15 is 0 Å². The molecule has 0 unspecified atom stereocenters. The first-order valence-corrected chi connectivity index (χ1v) is 9.39. The molecule has 0 atom stereocenters. The first-order valence-electron chi connectivity index (χ1n) is 7.57. The van der Waals surface area contributed by atoms with E-state index in [4.69, 9.17) is 4.74 Å². The number of thiazole rings is 1. The molecule has 1 N–H and O–H groups in total. The maximum atomic E-state index is 12.1. The summed E-state index contributed by atoms with van der Waals surface area (Å²) in [5, 5.41) is 7.08. The lowest BCUT2D eigenvalue weighted by Gasteiger charge is -2.34. The summed E-state index contributed by atoms with van der Waals surface area (Å²) in [5.74, 6) is 1.02. The van der Waals surface area contributed by atoms with Gasteiger partial charge in [0.25, 0.3) is 0 Å². The van der Waals surface area contributed by atoms with Crippen LogP contribution in [0.2, 0.25) is 0 Å². The van der Waals surface area contributed by atoms with E-state index < -0.39 is 0 Å². The molecule has 118 valence electrons. The fraction of sp³-hybridized carbons (Fsp3) is 0.294. The summed E-state index contributed by atoms with van der Waals surface area (Å²) in [6.07, 6.45) is 1.66. The van der Waals surface area contributed by atoms with Crippen LogP contribution in [0.15, 0.2) is 40.5 Å². The number of amides is 1. The van der Waals surface area contributed by atoms with Crippen molar-refractivity contribution in [1.82, 2.24) is 10.3 Å². The summed E-state index contributed by atoms with van der Waals surface area (Å²) in [5.41, 5.74) is 3.91. The summed E-state index contributed by atoms with van der Waals surface area (Å²) in [6.45, 7) is 0.614. The van der Waals surface area contributed by atoms with Gasteiger partial charge in [0.05, 0.1) is 10.2 Å². The van der Waals surface area contributed by atoms with Gasteiger partial charge < -0.3 is 10.1 Å². The Morgan fingerprint density at radius 3 is 3.09 bits per heavy atom. The van der Waals surface area contributed by atoms with Gasteiger partial charge in [-0.15, -0.1) is 11.3 Å². The molecule has 4 rings (SSSR count). The highest BCUT2D eigenvalue weighted by Gasteiger charge is 2.36. The Kier molecular flexibility index (Phi) is 4.01. The second-order valence-electron chi connectivity index (χ2n) is 5.71. The van der Waals surface area contributed by atoms with Crippen LogP contribution in [0, 0.1) is 5.92 Å². The van der Waals surface area contributed by atoms with Crippen LogP contribution in [0.25, 0.3) is 10.2 Å². The molecular weight excluding hydrogens is 328 g/mol. The lowest BCUT2D eigenvalue weighted by Crippen LogP contribution is -2.43. The maximum Gasteiger partial charge on any atom is 0.223 e. The number of carbonyl (C=O) groups is 1. The second kappa shape index (κ2) is 6.29. The van der Waals surface area contributed by atoms with Gasteiger partial charge in [-0.3, -0.25) is 4.79 Å². The Morgan fingerprint density at radius 2 is 2.26 bits per heavy atom. The minimum atomic E-state index is 0.0632. The quantitative estimate of drug-likeness (QED) is 0.765. The van der Waals surface area contributed by atoms with E-state index in [1.807, 2.05) is 35.2 Å². The minimum absolute atomic E-state index is 0.0632. The van der Waals surface area contributed by atoms with Crippen molar-refractivity contribution in [1.29, 1.82) is 0 Å². The van der Waals surface area contributed by atoms with Gasteiger partial charge in [0.15, 0.2) is 0 Å². The van der Waals surface area contributed by atoms with Gasteiger partial charge in [-0.25, -0.2) is 4.98 Å². The van der Waals surface area contributed by atoms with Crippen molar-refractivity contribution in [2.24, 2.45) is 5.92 Å². The van der Waals surface area contributed by atoms with Crippen LogP contribution < -0.4 is 10.1 Å². The predicted octanol–water partition coefficient (Wildman–Crippen LogP) is 3.83. The average Bonchev–Trinajstić information content (AvgIpc) is 3.19. The third-order valence-electron chi connectivity index (χ3n) is 4.13. The number of para-hydroxylation sites is 1. The molecule has 3 aromatic rings. The van der Waals surface area contributed by atoms with Crippen molar-refractivity contribution in [3.63, 3.8) is 0 Å². The molecule has 2 heterocycles. The largest absolute Gasteiger partial charge is 0.488 e. The molecule has 0 bridgehead atoms. The SMILES string of the molecule is O=C(NCc1ccsc1)[C@H]1C[C@H](Oc2cccc3scnc23)C1. The van der Waals surface area contributed by atoms with Gasteiger partial charge in [-0.2, -0.15) is 11.3 Å². The molecule has 1 saturated carbocycles. The van der Waals surface area contributed by atoms with Crippen molar-refractivity contribution in [2.75, 3.05) is 0 Å². The number of aromatic nitrogens is 1. The van der Waals surface area contributed by atoms with Crippen molar-refractivity contribution in [3.8, 4) is 5.75 Å². The molecule has 1 aliphatic carbocycles. The Balaban J connectivity index is 1.29. The van der Waals surface area contributed by atoms with Gasteiger partial charge in [-0.05, 0) is 47.4 Å². The molecule has 0 spiro atoms. The second-order valence-corrected chi connectivity index (χ2v) is 7.38. The fourth-order valence-electron chi connectivity index (χ4n) is 2.74. The van der Waals surface area contributed by atoms with Crippen molar-refractivity contribution in [2.45, 2.75) is 25.5 Å². The van der Waals surface area contributed by atoms with Crippen molar-refractivity contribution < 1.29 is 9.53 Å². The molecule has 1 amide bonds. The average molecular weight is 344 g/mol. The van der Waals surface area contributed by atoms with Crippen LogP contribution >= 0.6 is 22.7 Å². The number of ether oxygens (including phenoxy) is 1. The van der Waals surface area contributed by atoms with E-state index in [0.717, 1.165) is 34.4 Å². The summed E-state index contributed by atoms with van der Waals surface area (Å²) in [4.78, 5) is 16.5. The Morgan fingerprint density at radius 1 is 1.35 bits per heavy atom. The summed E-state index contributed by atoms with van der Waals surface area (Å²) in [7, 11) is 0. The Labute approximate surface area is 142 Å². The molecule has 1 fully saturated rings. The molecule has 0 aliphatic heterocycles. The molecule has 1 aliphatic rings. The maximum absolute atomic E-state index is 12.1. The number of carbonyl (C=O) groups excluding carboxylic acids is 1. The summed E-state index contributed by atoms with van der Waals surface area (Å²) >= 11 is 3.26. The molecule has 0 radical (unpaired) electrons. The van der Waals surface area contributed by atoms with Gasteiger partial charge in [0.2, 0.25) is 5.91 Å². The molecule has 2 aromatic heterocycles. The fourth-order valence-corrected chi connectivity index (χ4v) is 4.10. The van der Waals surface area contributed by atoms with E-state index in [-0.39, 0.29) is 17.9 Å². The highest BCUT2D eigenvalue weighted by molar-refractivity contribution is 7.16. The number of thiophene rings is 1. The lowest BCUT2D eigenvalue weighted by molar-refractivity contribution is -0.130. The van der Waals surface area contributed by atoms with Crippen LogP contribution in [0.4, 0.5) is 0 Å². The standard InChI is InChI=1S/C17H16N2O2S2/c20-17(18-8-11-4-5-22-9-11)12-6-13(7-12)21-14-2-1-3-15-16(14)19-10-23-15/h1-5,9-10,12-13H,6-8H2,(H,18,20)/t12-,13-. The van der Waals surface area contributed by atoms with Gasteiger partial charge in [-0.1, -0.05) is 6.07 Å². The Hall–Kier alpha value is -1.92. The number of hydrogen-bond donors (Lipinski definition) is 1. The van der Waals surface area contributed by atoms with Crippen molar-refractivity contribution in [3.05, 3.63) is 46.1 Å². The molecule has 6 heteroatoms. The smallest absolute Gasteiger partial charge is 0.223 e. The zero-order valence-electron chi connectivity index (χ0n) is 12.4. The van der Waals surface area contributed by atoms with Crippen molar-refractivity contribution >= 4 is 38.8 Å². The first kappa shape index (κ1) is 14.7. The monoisotopic (exact) mass is 344 g/mol. The van der Waals surface area contributed by atoms with E-state index in [9.17, 15) is 4.79 Å². The van der Waals surface area contributed by atoms with E-state index in [1.165, 1.54) is 0 Å². The Bertz CT molecular complexity index is 807. The van der Waals surface area contributed by atoms with Crippen LogP contribution in [-0.4, -0.2) is 17.0 Å². The third kappa shape index (κ3) is 3.09. The van der Waals surface area contributed by atoms with E-state index in [1.54, 1.807) is 22.7 Å². The number of benzene rings is 1. The zero-order chi connectivity index (χ0) is 15.6. The first-order chi connectivity index (χ1) is 11.3. The predicted molar refractivity (Wildman–Crippen MR) is 92.9 cm³/mol. The molecule has 1 aromatic carbocycles. The number of hydrogen-bond acceptors (Lipinski definition) is 5.